The van der Waals surface area contributed by atoms with Gasteiger partial charge in [0.1, 0.15) is 5.52 Å². The first-order valence-corrected chi connectivity index (χ1v) is 10.4. The van der Waals surface area contributed by atoms with Crippen LogP contribution in [0.25, 0.3) is 33.4 Å². The summed E-state index contributed by atoms with van der Waals surface area (Å²) in [7, 11) is 0. The van der Waals surface area contributed by atoms with Gasteiger partial charge in [-0.1, -0.05) is 0 Å². The molecule has 4 aromatic rings. The fraction of sp³-hybridized carbons (Fsp3) is 0.348. The van der Waals surface area contributed by atoms with Crippen LogP contribution in [0.15, 0.2) is 47.0 Å². The van der Waals surface area contributed by atoms with Crippen LogP contribution in [0, 0.1) is 6.92 Å². The van der Waals surface area contributed by atoms with Crippen LogP contribution in [0.3, 0.4) is 0 Å². The summed E-state index contributed by atoms with van der Waals surface area (Å²) in [6.45, 7) is 7.70. The molecule has 30 heavy (non-hydrogen) atoms. The van der Waals surface area contributed by atoms with E-state index in [4.69, 9.17) is 14.1 Å². The van der Waals surface area contributed by atoms with Crippen LogP contribution in [0.1, 0.15) is 5.89 Å². The summed E-state index contributed by atoms with van der Waals surface area (Å²) < 4.78 is 11.1. The molecule has 152 valence electrons. The van der Waals surface area contributed by atoms with Crippen molar-refractivity contribution >= 4 is 27.8 Å². The molecule has 1 aromatic carbocycles. The Balaban J connectivity index is 1.26. The van der Waals surface area contributed by atoms with Crippen molar-refractivity contribution in [1.82, 2.24) is 19.9 Å². The number of fused-ring (bicyclic) bond motifs is 2. The average molecular weight is 401 g/mol. The molecule has 3 aromatic heterocycles. The molecule has 0 atom stereocenters. The van der Waals surface area contributed by atoms with Gasteiger partial charge in [-0.3, -0.25) is 9.88 Å². The monoisotopic (exact) mass is 401 g/mol. The van der Waals surface area contributed by atoms with Crippen molar-refractivity contribution in [2.24, 2.45) is 0 Å². The number of oxazole rings is 1. The smallest absolute Gasteiger partial charge is 0.192 e. The van der Waals surface area contributed by atoms with Crippen LogP contribution in [0.2, 0.25) is 0 Å². The summed E-state index contributed by atoms with van der Waals surface area (Å²) in [5.74, 6) is 0.674. The number of pyridine rings is 2. The molecule has 2 aliphatic rings. The molecule has 6 rings (SSSR count). The SMILES string of the molecule is Cc1nc2cc(-c3ccc4ncc(N5CC(N6CCOCC6)C5)cc4n3)ccc2o1. The van der Waals surface area contributed by atoms with Crippen LogP contribution in [-0.4, -0.2) is 65.3 Å². The maximum atomic E-state index is 5.58. The third-order valence-corrected chi connectivity index (χ3v) is 6.10. The van der Waals surface area contributed by atoms with Crippen LogP contribution in [0.5, 0.6) is 0 Å². The Hall–Kier alpha value is -3.03. The lowest BCUT2D eigenvalue weighted by Crippen LogP contribution is -2.61. The van der Waals surface area contributed by atoms with Crippen LogP contribution in [-0.2, 0) is 4.74 Å². The minimum atomic E-state index is 0.613. The number of hydrogen-bond donors (Lipinski definition) is 0. The van der Waals surface area contributed by atoms with Gasteiger partial charge >= 0.3 is 0 Å². The van der Waals surface area contributed by atoms with Crippen molar-refractivity contribution in [1.29, 1.82) is 0 Å². The minimum Gasteiger partial charge on any atom is -0.441 e. The molecule has 0 unspecified atom stereocenters. The molecule has 0 N–H and O–H groups in total. The first-order chi connectivity index (χ1) is 14.7. The van der Waals surface area contributed by atoms with Crippen LogP contribution in [0.4, 0.5) is 5.69 Å². The van der Waals surface area contributed by atoms with E-state index in [0.717, 1.165) is 78.5 Å². The molecule has 7 heteroatoms. The second kappa shape index (κ2) is 7.04. The summed E-state index contributed by atoms with van der Waals surface area (Å²) in [5, 5.41) is 0. The van der Waals surface area contributed by atoms with Gasteiger partial charge in [0, 0.05) is 44.7 Å². The summed E-state index contributed by atoms with van der Waals surface area (Å²) in [6.07, 6.45) is 1.96. The zero-order valence-electron chi connectivity index (χ0n) is 16.9. The first kappa shape index (κ1) is 17.8. The van der Waals surface area contributed by atoms with Gasteiger partial charge in [-0.05, 0) is 36.4 Å². The number of morpholine rings is 1. The number of benzene rings is 1. The molecule has 2 aliphatic heterocycles. The van der Waals surface area contributed by atoms with E-state index in [1.807, 2.05) is 43.5 Å². The Kier molecular flexibility index (Phi) is 4.17. The Morgan fingerprint density at radius 1 is 0.933 bits per heavy atom. The first-order valence-electron chi connectivity index (χ1n) is 10.4. The Morgan fingerprint density at radius 3 is 2.67 bits per heavy atom. The van der Waals surface area contributed by atoms with E-state index in [-0.39, 0.29) is 0 Å². The van der Waals surface area contributed by atoms with Gasteiger partial charge in [0.2, 0.25) is 0 Å². The van der Waals surface area contributed by atoms with E-state index in [0.29, 0.717) is 11.9 Å². The summed E-state index contributed by atoms with van der Waals surface area (Å²) in [5.41, 5.74) is 6.56. The molecule has 0 amide bonds. The maximum absolute atomic E-state index is 5.58. The lowest BCUT2D eigenvalue weighted by atomic mass is 10.1. The topological polar surface area (TPSA) is 67.5 Å². The average Bonchev–Trinajstić information content (AvgIpc) is 3.12. The maximum Gasteiger partial charge on any atom is 0.192 e. The van der Waals surface area contributed by atoms with E-state index < -0.39 is 0 Å². The molecule has 7 nitrogen and oxygen atoms in total. The molecular formula is C23H23N5O2. The normalized spacial score (nSPS) is 18.2. The van der Waals surface area contributed by atoms with E-state index in [1.165, 1.54) is 0 Å². The quantitative estimate of drug-likeness (QED) is 0.522. The summed E-state index contributed by atoms with van der Waals surface area (Å²) in [4.78, 5) is 18.9. The van der Waals surface area contributed by atoms with Crippen molar-refractivity contribution in [3.8, 4) is 11.3 Å². The number of ether oxygens (including phenoxy) is 1. The van der Waals surface area contributed by atoms with Crippen molar-refractivity contribution in [3.05, 3.63) is 48.5 Å². The fourth-order valence-electron chi connectivity index (χ4n) is 4.37. The molecule has 2 fully saturated rings. The van der Waals surface area contributed by atoms with Gasteiger partial charge in [-0.2, -0.15) is 0 Å². The molecule has 0 spiro atoms. The van der Waals surface area contributed by atoms with Crippen LogP contribution >= 0.6 is 0 Å². The molecule has 2 saturated heterocycles. The zero-order valence-corrected chi connectivity index (χ0v) is 16.9. The van der Waals surface area contributed by atoms with Crippen molar-refractivity contribution < 1.29 is 9.15 Å². The Labute approximate surface area is 174 Å². The third kappa shape index (κ3) is 3.11. The van der Waals surface area contributed by atoms with Crippen LogP contribution < -0.4 is 4.90 Å². The number of hydrogen-bond acceptors (Lipinski definition) is 7. The highest BCUT2D eigenvalue weighted by Gasteiger charge is 2.32. The van der Waals surface area contributed by atoms with Gasteiger partial charge in [-0.25, -0.2) is 9.97 Å². The Morgan fingerprint density at radius 2 is 1.80 bits per heavy atom. The van der Waals surface area contributed by atoms with Gasteiger partial charge in [-0.15, -0.1) is 0 Å². The zero-order chi connectivity index (χ0) is 20.1. The predicted molar refractivity (Wildman–Crippen MR) is 116 cm³/mol. The summed E-state index contributed by atoms with van der Waals surface area (Å²) in [6, 6.07) is 12.8. The second-order valence-corrected chi connectivity index (χ2v) is 8.05. The largest absolute Gasteiger partial charge is 0.441 e. The molecule has 5 heterocycles. The Bertz CT molecular complexity index is 1220. The second-order valence-electron chi connectivity index (χ2n) is 8.05. The number of nitrogens with zero attached hydrogens (tertiary/aromatic N) is 5. The third-order valence-electron chi connectivity index (χ3n) is 6.10. The molecule has 0 saturated carbocycles. The standard InChI is InChI=1S/C23H23N5O2/c1-15-25-22-10-16(2-5-23(22)30-15)19-3-4-20-21(26-19)11-17(12-24-20)28-13-18(14-28)27-6-8-29-9-7-27/h2-5,10-12,18H,6-9,13-14H2,1H3. The fourth-order valence-corrected chi connectivity index (χ4v) is 4.37. The molecular weight excluding hydrogens is 378 g/mol. The van der Waals surface area contributed by atoms with E-state index >= 15 is 0 Å². The number of anilines is 1. The van der Waals surface area contributed by atoms with E-state index in [1.54, 1.807) is 0 Å². The molecule has 0 bridgehead atoms. The van der Waals surface area contributed by atoms with E-state index in [9.17, 15) is 0 Å². The lowest BCUT2D eigenvalue weighted by Gasteiger charge is -2.47. The predicted octanol–water partition coefficient (Wildman–Crippen LogP) is 3.27. The molecule has 0 radical (unpaired) electrons. The highest BCUT2D eigenvalue weighted by Crippen LogP contribution is 2.28. The number of rotatable bonds is 3. The number of aromatic nitrogens is 3. The highest BCUT2D eigenvalue weighted by atomic mass is 16.5. The molecule has 0 aliphatic carbocycles. The van der Waals surface area contributed by atoms with Gasteiger partial charge in [0.05, 0.1) is 41.8 Å². The highest BCUT2D eigenvalue weighted by molar-refractivity contribution is 5.84. The van der Waals surface area contributed by atoms with Crippen molar-refractivity contribution in [2.75, 3.05) is 44.3 Å². The minimum absolute atomic E-state index is 0.613. The van der Waals surface area contributed by atoms with Crippen molar-refractivity contribution in [3.63, 3.8) is 0 Å². The van der Waals surface area contributed by atoms with Crippen molar-refractivity contribution in [2.45, 2.75) is 13.0 Å². The van der Waals surface area contributed by atoms with Gasteiger partial charge < -0.3 is 14.1 Å². The lowest BCUT2D eigenvalue weighted by molar-refractivity contribution is 0.0105. The van der Waals surface area contributed by atoms with Gasteiger partial charge in [0.25, 0.3) is 0 Å². The van der Waals surface area contributed by atoms with E-state index in [2.05, 4.69) is 25.8 Å². The summed E-state index contributed by atoms with van der Waals surface area (Å²) >= 11 is 0. The van der Waals surface area contributed by atoms with Gasteiger partial charge in [0.15, 0.2) is 11.5 Å². The number of aryl methyl sites for hydroxylation is 1.